The van der Waals surface area contributed by atoms with Crippen LogP contribution in [0.3, 0.4) is 0 Å². The van der Waals surface area contributed by atoms with Crippen LogP contribution < -0.4 is 10.6 Å². The molecule has 3 rings (SSSR count). The fourth-order valence-electron chi connectivity index (χ4n) is 2.71. The zero-order valence-electron chi connectivity index (χ0n) is 15.7. The topological polar surface area (TPSA) is 83.7 Å². The first-order chi connectivity index (χ1) is 12.7. The number of hydrogen-bond donors (Lipinski definition) is 2. The number of fused-ring (bicyclic) bond motifs is 1. The van der Waals surface area contributed by atoms with Gasteiger partial charge in [-0.25, -0.2) is 0 Å². The van der Waals surface area contributed by atoms with Gasteiger partial charge < -0.3 is 15.6 Å². The molecule has 0 amide bonds. The second-order valence-electron chi connectivity index (χ2n) is 5.76. The van der Waals surface area contributed by atoms with Gasteiger partial charge in [0.2, 0.25) is 11.6 Å². The molecule has 0 aliphatic heterocycles. The van der Waals surface area contributed by atoms with Crippen LogP contribution in [0, 0.1) is 11.8 Å². The minimum atomic E-state index is 0. The normalized spacial score (nSPS) is 10.0. The van der Waals surface area contributed by atoms with E-state index in [0.29, 0.717) is 12.2 Å². The minimum Gasteiger partial charge on any atom is -0.337 e. The van der Waals surface area contributed by atoms with Crippen LogP contribution >= 0.6 is 52.1 Å². The Morgan fingerprint density at radius 2 is 2.11 bits per heavy atom. The van der Waals surface area contributed by atoms with Gasteiger partial charge in [0.05, 0.1) is 23.8 Å². The van der Waals surface area contributed by atoms with E-state index in [9.17, 15) is 0 Å². The molecule has 0 bridgehead atoms. The molecule has 0 radical (unpaired) electrons. The van der Waals surface area contributed by atoms with Crippen molar-refractivity contribution < 1.29 is 0 Å². The summed E-state index contributed by atoms with van der Waals surface area (Å²) in [7, 11) is 0. The number of aryl methyl sites for hydroxylation is 1. The Morgan fingerprint density at radius 1 is 1.32 bits per heavy atom. The van der Waals surface area contributed by atoms with Crippen LogP contribution in [-0.4, -0.2) is 33.3 Å². The summed E-state index contributed by atoms with van der Waals surface area (Å²) in [5, 5.41) is 7.98. The number of H-pyrrole nitrogens is 1. The van der Waals surface area contributed by atoms with E-state index in [-0.39, 0.29) is 24.8 Å². The monoisotopic (exact) mass is 504 g/mol. The van der Waals surface area contributed by atoms with Crippen molar-refractivity contribution in [1.29, 1.82) is 0 Å². The number of nitrogens with one attached hydrogen (secondary N) is 1. The zero-order chi connectivity index (χ0) is 18.5. The molecule has 28 heavy (non-hydrogen) atoms. The van der Waals surface area contributed by atoms with Crippen molar-refractivity contribution in [3.05, 3.63) is 32.1 Å². The van der Waals surface area contributed by atoms with E-state index in [4.69, 9.17) is 5.73 Å². The third kappa shape index (κ3) is 5.37. The number of nitrogens with zero attached hydrogens (tertiary/aromatic N) is 4. The van der Waals surface area contributed by atoms with Gasteiger partial charge >= 0.3 is 0 Å². The molecule has 152 valence electrons. The molecule has 0 aromatic carbocycles. The maximum absolute atomic E-state index is 5.74. The highest BCUT2D eigenvalue weighted by molar-refractivity contribution is 9.10. The zero-order valence-corrected chi connectivity index (χ0v) is 19.7. The lowest BCUT2D eigenvalue weighted by atomic mass is 10.2. The van der Waals surface area contributed by atoms with E-state index in [0.717, 1.165) is 47.4 Å². The minimum absolute atomic E-state index is 0. The van der Waals surface area contributed by atoms with E-state index in [2.05, 4.69) is 59.8 Å². The fraction of sp³-hybridized carbons (Fsp3) is 0.389. The summed E-state index contributed by atoms with van der Waals surface area (Å²) in [6.07, 6.45) is 3.52. The lowest BCUT2D eigenvalue weighted by Crippen LogP contribution is -2.26. The first kappa shape index (κ1) is 24.7. The number of imidazole rings is 1. The van der Waals surface area contributed by atoms with Gasteiger partial charge in [0.25, 0.3) is 0 Å². The second-order valence-corrected chi connectivity index (χ2v) is 7.74. The van der Waals surface area contributed by atoms with Crippen molar-refractivity contribution in [1.82, 2.24) is 20.2 Å². The maximum Gasteiger partial charge on any atom is 0.205 e. The number of aromatic amines is 1. The summed E-state index contributed by atoms with van der Waals surface area (Å²) in [5.41, 5.74) is 8.31. The van der Waals surface area contributed by atoms with E-state index in [1.807, 2.05) is 13.0 Å². The molecular formula is C18H23BrCl2N6S. The number of hydrogen-bond acceptors (Lipinski definition) is 6. The molecule has 0 saturated heterocycles. The van der Waals surface area contributed by atoms with Crippen LogP contribution in [0.25, 0.3) is 11.2 Å². The number of anilines is 1. The quantitative estimate of drug-likeness (QED) is 0.467. The van der Waals surface area contributed by atoms with Crippen LogP contribution in [0.1, 0.15) is 35.6 Å². The van der Waals surface area contributed by atoms with Gasteiger partial charge in [-0.3, -0.25) is 0 Å². The Balaban J connectivity index is 0.00000196. The van der Waals surface area contributed by atoms with Gasteiger partial charge in [-0.2, -0.15) is 10.1 Å². The molecule has 6 nitrogen and oxygen atoms in total. The largest absolute Gasteiger partial charge is 0.337 e. The van der Waals surface area contributed by atoms with E-state index in [1.54, 1.807) is 17.5 Å². The highest BCUT2D eigenvalue weighted by Crippen LogP contribution is 2.34. The van der Waals surface area contributed by atoms with E-state index < -0.39 is 0 Å². The van der Waals surface area contributed by atoms with Crippen LogP contribution in [0.2, 0.25) is 0 Å². The summed E-state index contributed by atoms with van der Waals surface area (Å²) in [6, 6.07) is 1.88. The number of halogens is 3. The molecule has 3 aromatic heterocycles. The number of nitrogens with two attached hydrogens (primary N) is 1. The molecule has 0 aliphatic rings. The van der Waals surface area contributed by atoms with Gasteiger partial charge in [-0.05, 0) is 48.3 Å². The van der Waals surface area contributed by atoms with Crippen LogP contribution in [-0.2, 0) is 13.0 Å². The molecule has 0 fully saturated rings. The molecule has 3 heterocycles. The average molecular weight is 506 g/mol. The average Bonchev–Trinajstić information content (AvgIpc) is 3.21. The maximum atomic E-state index is 5.74. The number of rotatable bonds is 7. The highest BCUT2D eigenvalue weighted by atomic mass is 79.9. The van der Waals surface area contributed by atoms with E-state index in [1.165, 1.54) is 9.75 Å². The van der Waals surface area contributed by atoms with Crippen molar-refractivity contribution in [3.8, 4) is 11.8 Å². The summed E-state index contributed by atoms with van der Waals surface area (Å²) < 4.78 is 1.11. The van der Waals surface area contributed by atoms with Crippen molar-refractivity contribution in [2.24, 2.45) is 5.73 Å². The Kier molecular flexibility index (Phi) is 10.2. The smallest absolute Gasteiger partial charge is 0.205 e. The first-order valence-corrected chi connectivity index (χ1v) is 10.1. The third-order valence-electron chi connectivity index (χ3n) is 3.99. The van der Waals surface area contributed by atoms with Gasteiger partial charge in [-0.1, -0.05) is 12.8 Å². The molecular weight excluding hydrogens is 483 g/mol. The fourth-order valence-corrected chi connectivity index (χ4v) is 4.81. The van der Waals surface area contributed by atoms with Gasteiger partial charge in [0, 0.05) is 20.8 Å². The Bertz CT molecular complexity index is 929. The summed E-state index contributed by atoms with van der Waals surface area (Å²) >= 11 is 5.52. The SMILES string of the molecule is CC#Cc1c(CN(CCCN)c2nc3nnccc3[nH]2)sc(CC)c1Br.Cl.Cl. The van der Waals surface area contributed by atoms with Crippen molar-refractivity contribution in [2.75, 3.05) is 18.0 Å². The predicted octanol–water partition coefficient (Wildman–Crippen LogP) is 4.31. The molecule has 0 spiro atoms. The van der Waals surface area contributed by atoms with Crippen molar-refractivity contribution in [3.63, 3.8) is 0 Å². The molecule has 0 unspecified atom stereocenters. The summed E-state index contributed by atoms with van der Waals surface area (Å²) in [5.74, 6) is 7.06. The van der Waals surface area contributed by atoms with Crippen molar-refractivity contribution >= 4 is 69.2 Å². The second kappa shape index (κ2) is 11.6. The highest BCUT2D eigenvalue weighted by Gasteiger charge is 2.19. The molecule has 3 aromatic rings. The van der Waals surface area contributed by atoms with Crippen LogP contribution in [0.4, 0.5) is 5.95 Å². The molecule has 10 heteroatoms. The Hall–Kier alpha value is -1.37. The van der Waals surface area contributed by atoms with Gasteiger partial charge in [0.15, 0.2) is 0 Å². The number of aromatic nitrogens is 4. The lowest BCUT2D eigenvalue weighted by Gasteiger charge is -2.21. The molecule has 0 saturated carbocycles. The van der Waals surface area contributed by atoms with Crippen molar-refractivity contribution in [2.45, 2.75) is 33.2 Å². The molecule has 3 N–H and O–H groups in total. The first-order valence-electron chi connectivity index (χ1n) is 8.53. The van der Waals surface area contributed by atoms with E-state index >= 15 is 0 Å². The van der Waals surface area contributed by atoms with Gasteiger partial charge in [0.1, 0.15) is 0 Å². The molecule has 0 atom stereocenters. The summed E-state index contributed by atoms with van der Waals surface area (Å²) in [6.45, 7) is 6.18. The summed E-state index contributed by atoms with van der Waals surface area (Å²) in [4.78, 5) is 12.7. The molecule has 0 aliphatic carbocycles. The van der Waals surface area contributed by atoms with Crippen LogP contribution in [0.15, 0.2) is 16.7 Å². The van der Waals surface area contributed by atoms with Gasteiger partial charge in [-0.15, -0.1) is 47.2 Å². The lowest BCUT2D eigenvalue weighted by molar-refractivity contribution is 0.723. The Morgan fingerprint density at radius 3 is 2.75 bits per heavy atom. The third-order valence-corrected chi connectivity index (χ3v) is 6.44. The number of thiophene rings is 1. The Labute approximate surface area is 189 Å². The standard InChI is InChI=1S/C18H21BrN6S.2ClH/c1-3-6-12-15(26-14(4-2)16(12)19)11-25(10-5-8-20)18-22-13-7-9-21-24-17(13)23-18;;/h7,9H,4-5,8,10-11,20H2,1-2H3,(H,22,23,24);2*1H. The van der Waals surface area contributed by atoms with Crippen LogP contribution in [0.5, 0.6) is 0 Å². The predicted molar refractivity (Wildman–Crippen MR) is 125 cm³/mol.